The highest BCUT2D eigenvalue weighted by atomic mass is 32.2. The monoisotopic (exact) mass is 349 g/mol. The van der Waals surface area contributed by atoms with Gasteiger partial charge in [0.05, 0.1) is 18.8 Å². The summed E-state index contributed by atoms with van der Waals surface area (Å²) >= 11 is 0. The van der Waals surface area contributed by atoms with Crippen LogP contribution in [0.25, 0.3) is 0 Å². The molecule has 1 aromatic heterocycles. The summed E-state index contributed by atoms with van der Waals surface area (Å²) in [6, 6.07) is 7.58. The number of sulfonamides is 1. The Morgan fingerprint density at radius 3 is 2.58 bits per heavy atom. The van der Waals surface area contributed by atoms with Crippen LogP contribution in [0.5, 0.6) is 5.75 Å². The molecule has 1 aliphatic rings. The van der Waals surface area contributed by atoms with E-state index in [1.54, 1.807) is 24.5 Å². The molecule has 130 valence electrons. The van der Waals surface area contributed by atoms with Gasteiger partial charge in [-0.05, 0) is 44.4 Å². The maximum absolute atomic E-state index is 13.1. The minimum Gasteiger partial charge on any atom is -0.494 e. The van der Waals surface area contributed by atoms with Gasteiger partial charge in [-0.25, -0.2) is 8.42 Å². The van der Waals surface area contributed by atoms with Gasteiger partial charge in [0, 0.05) is 19.2 Å². The zero-order valence-electron chi connectivity index (χ0n) is 14.3. The molecule has 0 N–H and O–H groups in total. The van der Waals surface area contributed by atoms with Crippen molar-refractivity contribution in [2.45, 2.75) is 37.8 Å². The third-order valence-electron chi connectivity index (χ3n) is 4.39. The Balaban J connectivity index is 1.93. The maximum Gasteiger partial charge on any atom is 0.261 e. The standard InChI is InChI=1S/C17H23N3O3S/c1-4-23-15-9-7-14(8-10-15)16-6-5-11-20(16)24(21,22)17-13(2)12-18-19(17)3/h7-10,12,16H,4-6,11H2,1-3H3. The van der Waals surface area contributed by atoms with E-state index < -0.39 is 10.0 Å². The molecule has 1 aliphatic heterocycles. The number of nitrogens with zero attached hydrogens (tertiary/aromatic N) is 3. The second-order valence-corrected chi connectivity index (χ2v) is 7.84. The normalized spacial score (nSPS) is 18.9. The third kappa shape index (κ3) is 2.93. The molecule has 1 atom stereocenters. The summed E-state index contributed by atoms with van der Waals surface area (Å²) < 4.78 is 34.8. The fourth-order valence-corrected chi connectivity index (χ4v) is 5.33. The van der Waals surface area contributed by atoms with Crippen LogP contribution in [0.1, 0.15) is 36.9 Å². The molecule has 0 saturated carbocycles. The Labute approximate surface area is 143 Å². The highest BCUT2D eigenvalue weighted by Crippen LogP contribution is 2.37. The largest absolute Gasteiger partial charge is 0.494 e. The molecular weight excluding hydrogens is 326 g/mol. The Kier molecular flexibility index (Phi) is 4.64. The summed E-state index contributed by atoms with van der Waals surface area (Å²) in [7, 11) is -1.90. The topological polar surface area (TPSA) is 64.4 Å². The number of benzene rings is 1. The molecule has 6 nitrogen and oxygen atoms in total. The molecule has 0 radical (unpaired) electrons. The van der Waals surface area contributed by atoms with E-state index >= 15 is 0 Å². The number of aryl methyl sites for hydroxylation is 2. The molecule has 7 heteroatoms. The molecular formula is C17H23N3O3S. The van der Waals surface area contributed by atoms with Crippen LogP contribution < -0.4 is 4.74 Å². The zero-order chi connectivity index (χ0) is 17.3. The highest BCUT2D eigenvalue weighted by molar-refractivity contribution is 7.89. The zero-order valence-corrected chi connectivity index (χ0v) is 15.1. The first-order valence-electron chi connectivity index (χ1n) is 8.18. The van der Waals surface area contributed by atoms with Crippen LogP contribution in [0, 0.1) is 6.92 Å². The lowest BCUT2D eigenvalue weighted by molar-refractivity contribution is 0.339. The van der Waals surface area contributed by atoms with Crippen molar-refractivity contribution in [2.75, 3.05) is 13.2 Å². The van der Waals surface area contributed by atoms with Crippen LogP contribution in [0.2, 0.25) is 0 Å². The molecule has 2 heterocycles. The quantitative estimate of drug-likeness (QED) is 0.832. The first-order chi connectivity index (χ1) is 11.4. The summed E-state index contributed by atoms with van der Waals surface area (Å²) in [6.45, 7) is 4.87. The van der Waals surface area contributed by atoms with E-state index in [-0.39, 0.29) is 11.1 Å². The van der Waals surface area contributed by atoms with Crippen LogP contribution in [0.3, 0.4) is 0 Å². The fraction of sp³-hybridized carbons (Fsp3) is 0.471. The van der Waals surface area contributed by atoms with Gasteiger partial charge in [0.2, 0.25) is 0 Å². The molecule has 3 rings (SSSR count). The van der Waals surface area contributed by atoms with Crippen molar-refractivity contribution in [3.8, 4) is 5.75 Å². The van der Waals surface area contributed by atoms with Crippen LogP contribution >= 0.6 is 0 Å². The molecule has 24 heavy (non-hydrogen) atoms. The minimum absolute atomic E-state index is 0.139. The lowest BCUT2D eigenvalue weighted by Crippen LogP contribution is -2.32. The van der Waals surface area contributed by atoms with Crippen molar-refractivity contribution >= 4 is 10.0 Å². The van der Waals surface area contributed by atoms with E-state index in [0.717, 1.165) is 24.2 Å². The predicted octanol–water partition coefficient (Wildman–Crippen LogP) is 2.65. The predicted molar refractivity (Wildman–Crippen MR) is 91.4 cm³/mol. The van der Waals surface area contributed by atoms with Gasteiger partial charge in [-0.3, -0.25) is 4.68 Å². The Morgan fingerprint density at radius 1 is 1.29 bits per heavy atom. The average Bonchev–Trinajstić information content (AvgIpc) is 3.16. The summed E-state index contributed by atoms with van der Waals surface area (Å²) in [4.78, 5) is 0. The first kappa shape index (κ1) is 17.0. The third-order valence-corrected chi connectivity index (χ3v) is 6.52. The van der Waals surface area contributed by atoms with E-state index in [9.17, 15) is 8.42 Å². The number of hydrogen-bond donors (Lipinski definition) is 0. The summed E-state index contributed by atoms with van der Waals surface area (Å²) in [5, 5.41) is 4.36. The molecule has 1 unspecified atom stereocenters. The van der Waals surface area contributed by atoms with Gasteiger partial charge in [0.25, 0.3) is 10.0 Å². The number of hydrogen-bond acceptors (Lipinski definition) is 4. The Morgan fingerprint density at radius 2 is 2.00 bits per heavy atom. The van der Waals surface area contributed by atoms with Gasteiger partial charge < -0.3 is 4.74 Å². The van der Waals surface area contributed by atoms with Crippen LogP contribution in [0.15, 0.2) is 35.5 Å². The maximum atomic E-state index is 13.1. The van der Waals surface area contributed by atoms with Gasteiger partial charge >= 0.3 is 0 Å². The van der Waals surface area contributed by atoms with Gasteiger partial charge in [-0.1, -0.05) is 12.1 Å². The fourth-order valence-electron chi connectivity index (χ4n) is 3.33. The highest BCUT2D eigenvalue weighted by Gasteiger charge is 2.38. The SMILES string of the molecule is CCOc1ccc(C2CCCN2S(=O)(=O)c2c(C)cnn2C)cc1. The van der Waals surface area contributed by atoms with Crippen molar-refractivity contribution in [2.24, 2.45) is 7.05 Å². The minimum atomic E-state index is -3.57. The Bertz CT molecular complexity index is 793. The van der Waals surface area contributed by atoms with E-state index in [0.29, 0.717) is 18.7 Å². The van der Waals surface area contributed by atoms with Crippen LogP contribution in [-0.4, -0.2) is 35.7 Å². The van der Waals surface area contributed by atoms with Crippen molar-refractivity contribution in [1.82, 2.24) is 14.1 Å². The lowest BCUT2D eigenvalue weighted by Gasteiger charge is -2.25. The molecule has 0 bridgehead atoms. The summed E-state index contributed by atoms with van der Waals surface area (Å²) in [5.41, 5.74) is 1.68. The number of rotatable bonds is 5. The summed E-state index contributed by atoms with van der Waals surface area (Å²) in [6.07, 6.45) is 3.27. The first-order valence-corrected chi connectivity index (χ1v) is 9.62. The Hall–Kier alpha value is -1.86. The number of ether oxygens (including phenoxy) is 1. The lowest BCUT2D eigenvalue weighted by atomic mass is 10.1. The second kappa shape index (κ2) is 6.57. The summed E-state index contributed by atoms with van der Waals surface area (Å²) in [5.74, 6) is 0.802. The van der Waals surface area contributed by atoms with Crippen LogP contribution in [0.4, 0.5) is 0 Å². The van der Waals surface area contributed by atoms with Crippen molar-refractivity contribution in [3.63, 3.8) is 0 Å². The molecule has 0 spiro atoms. The van der Waals surface area contributed by atoms with Crippen molar-refractivity contribution in [3.05, 3.63) is 41.6 Å². The van der Waals surface area contributed by atoms with E-state index in [1.165, 1.54) is 4.68 Å². The van der Waals surface area contributed by atoms with Crippen molar-refractivity contribution in [1.29, 1.82) is 0 Å². The van der Waals surface area contributed by atoms with Gasteiger partial charge in [0.15, 0.2) is 5.03 Å². The average molecular weight is 349 g/mol. The molecule has 1 saturated heterocycles. The van der Waals surface area contributed by atoms with Gasteiger partial charge in [-0.15, -0.1) is 0 Å². The molecule has 0 amide bonds. The smallest absolute Gasteiger partial charge is 0.261 e. The molecule has 1 aromatic carbocycles. The van der Waals surface area contributed by atoms with Crippen LogP contribution in [-0.2, 0) is 17.1 Å². The van der Waals surface area contributed by atoms with E-state index in [1.807, 2.05) is 31.2 Å². The van der Waals surface area contributed by atoms with E-state index in [4.69, 9.17) is 4.74 Å². The molecule has 0 aliphatic carbocycles. The number of aromatic nitrogens is 2. The van der Waals surface area contributed by atoms with Gasteiger partial charge in [-0.2, -0.15) is 9.40 Å². The van der Waals surface area contributed by atoms with Gasteiger partial charge in [0.1, 0.15) is 5.75 Å². The molecule has 1 fully saturated rings. The van der Waals surface area contributed by atoms with E-state index in [2.05, 4.69) is 5.10 Å². The molecule has 2 aromatic rings. The second-order valence-electron chi connectivity index (χ2n) is 6.03. The van der Waals surface area contributed by atoms with Crippen molar-refractivity contribution < 1.29 is 13.2 Å².